The maximum atomic E-state index is 11.1. The van der Waals surface area contributed by atoms with E-state index in [2.05, 4.69) is 0 Å². The molecule has 0 atom stereocenters. The summed E-state index contributed by atoms with van der Waals surface area (Å²) in [7, 11) is 1.44. The number of hydrogen-bond acceptors (Lipinski definition) is 3. The molecule has 1 aromatic carbocycles. The first-order valence-electron chi connectivity index (χ1n) is 3.51. The van der Waals surface area contributed by atoms with Crippen LogP contribution >= 0.6 is 33.3 Å². The fourth-order valence-corrected chi connectivity index (χ4v) is 2.95. The molecule has 1 rings (SSSR count). The molecule has 0 aromatic heterocycles. The lowest BCUT2D eigenvalue weighted by atomic mass is 10.2. The third-order valence-corrected chi connectivity index (χ3v) is 4.00. The summed E-state index contributed by atoms with van der Waals surface area (Å²) in [6.07, 6.45) is 0. The van der Waals surface area contributed by atoms with Gasteiger partial charge in [0.25, 0.3) is 9.05 Å². The van der Waals surface area contributed by atoms with Crippen molar-refractivity contribution in [3.05, 3.63) is 26.8 Å². The van der Waals surface area contributed by atoms with E-state index in [1.54, 1.807) is 13.0 Å². The molecule has 0 radical (unpaired) electrons. The van der Waals surface area contributed by atoms with Gasteiger partial charge in [-0.15, -0.1) is 0 Å². The average molecular weight is 342 g/mol. The van der Waals surface area contributed by atoms with Crippen LogP contribution in [0.1, 0.15) is 11.1 Å². The summed E-state index contributed by atoms with van der Waals surface area (Å²) in [6.45, 7) is 1.64. The molecule has 0 spiro atoms. The van der Waals surface area contributed by atoms with E-state index in [9.17, 15) is 8.42 Å². The monoisotopic (exact) mass is 341 g/mol. The Morgan fingerprint density at radius 2 is 2.07 bits per heavy atom. The van der Waals surface area contributed by atoms with Crippen molar-refractivity contribution in [1.29, 1.82) is 5.26 Å². The van der Waals surface area contributed by atoms with Crippen LogP contribution < -0.4 is 0 Å². The van der Waals surface area contributed by atoms with Crippen LogP contribution in [-0.2, 0) is 9.05 Å². The summed E-state index contributed by atoms with van der Waals surface area (Å²) in [4.78, 5) is -0.00358. The second-order valence-electron chi connectivity index (χ2n) is 2.65. The topological polar surface area (TPSA) is 57.9 Å². The Morgan fingerprint density at radius 1 is 1.50 bits per heavy atom. The fraction of sp³-hybridized carbons (Fsp3) is 0.125. The SMILES string of the molecule is Cc1cc(I)c(C#N)cc1S(=O)(=O)Cl. The highest BCUT2D eigenvalue weighted by Crippen LogP contribution is 2.24. The molecule has 0 aliphatic heterocycles. The Hall–Kier alpha value is -0.320. The van der Waals surface area contributed by atoms with Crippen molar-refractivity contribution in [3.63, 3.8) is 0 Å². The largest absolute Gasteiger partial charge is 0.261 e. The van der Waals surface area contributed by atoms with E-state index in [0.717, 1.165) is 0 Å². The van der Waals surface area contributed by atoms with Gasteiger partial charge in [-0.05, 0) is 47.2 Å². The van der Waals surface area contributed by atoms with Crippen LogP contribution in [0.4, 0.5) is 0 Å². The highest BCUT2D eigenvalue weighted by atomic mass is 127. The molecule has 0 amide bonds. The number of aryl methyl sites for hydroxylation is 1. The third kappa shape index (κ3) is 2.38. The van der Waals surface area contributed by atoms with E-state index in [1.807, 2.05) is 28.7 Å². The molecule has 0 N–H and O–H groups in total. The van der Waals surface area contributed by atoms with Crippen LogP contribution in [0.3, 0.4) is 0 Å². The molecule has 0 unspecified atom stereocenters. The van der Waals surface area contributed by atoms with Gasteiger partial charge in [0, 0.05) is 14.3 Å². The van der Waals surface area contributed by atoms with Gasteiger partial charge in [-0.2, -0.15) is 5.26 Å². The minimum Gasteiger partial charge on any atom is -0.207 e. The van der Waals surface area contributed by atoms with E-state index < -0.39 is 9.05 Å². The maximum Gasteiger partial charge on any atom is 0.261 e. The summed E-state index contributed by atoms with van der Waals surface area (Å²) in [5.74, 6) is 0. The highest BCUT2D eigenvalue weighted by molar-refractivity contribution is 14.1. The van der Waals surface area contributed by atoms with Gasteiger partial charge in [0.05, 0.1) is 10.5 Å². The predicted molar refractivity (Wildman–Crippen MR) is 61.6 cm³/mol. The number of rotatable bonds is 1. The van der Waals surface area contributed by atoms with Crippen LogP contribution in [0.25, 0.3) is 0 Å². The molecule has 6 heteroatoms. The molecule has 74 valence electrons. The normalized spacial score (nSPS) is 11.0. The van der Waals surface area contributed by atoms with E-state index in [1.165, 1.54) is 6.07 Å². The van der Waals surface area contributed by atoms with Crippen molar-refractivity contribution in [1.82, 2.24) is 0 Å². The summed E-state index contributed by atoms with van der Waals surface area (Å²) >= 11 is 1.97. The number of nitrogens with zero attached hydrogens (tertiary/aromatic N) is 1. The smallest absolute Gasteiger partial charge is 0.207 e. The fourth-order valence-electron chi connectivity index (χ4n) is 1.00. The first-order chi connectivity index (χ1) is 6.36. The van der Waals surface area contributed by atoms with Gasteiger partial charge in [0.1, 0.15) is 6.07 Å². The number of nitriles is 1. The van der Waals surface area contributed by atoms with Gasteiger partial charge < -0.3 is 0 Å². The molecule has 3 nitrogen and oxygen atoms in total. The third-order valence-electron chi connectivity index (χ3n) is 1.65. The van der Waals surface area contributed by atoms with E-state index >= 15 is 0 Å². The zero-order valence-corrected chi connectivity index (χ0v) is 10.8. The van der Waals surface area contributed by atoms with Gasteiger partial charge in [0.2, 0.25) is 0 Å². The molecular weight excluding hydrogens is 337 g/mol. The summed E-state index contributed by atoms with van der Waals surface area (Å²) in [6, 6.07) is 4.81. The van der Waals surface area contributed by atoms with Crippen molar-refractivity contribution in [3.8, 4) is 6.07 Å². The van der Waals surface area contributed by atoms with Crippen LogP contribution in [0.2, 0.25) is 0 Å². The first-order valence-corrected chi connectivity index (χ1v) is 6.90. The standard InChI is InChI=1S/C8H5ClINO2S/c1-5-2-7(10)6(4-11)3-8(5)14(9,12)13/h2-3H,1H3. The first kappa shape index (κ1) is 11.8. The molecule has 0 heterocycles. The van der Waals surface area contributed by atoms with E-state index in [0.29, 0.717) is 14.7 Å². The molecule has 0 saturated carbocycles. The lowest BCUT2D eigenvalue weighted by molar-refractivity contribution is 0.609. The quantitative estimate of drug-likeness (QED) is 0.582. The van der Waals surface area contributed by atoms with Crippen molar-refractivity contribution < 1.29 is 8.42 Å². The Labute approximate surface area is 100 Å². The molecular formula is C8H5ClINO2S. The van der Waals surface area contributed by atoms with Crippen LogP contribution in [0.15, 0.2) is 17.0 Å². The van der Waals surface area contributed by atoms with Crippen molar-refractivity contribution >= 4 is 42.3 Å². The Balaban J connectivity index is 3.58. The minimum absolute atomic E-state index is 0.00358. The minimum atomic E-state index is -3.77. The predicted octanol–water partition coefficient (Wildman–Crippen LogP) is 2.40. The van der Waals surface area contributed by atoms with Crippen LogP contribution in [0, 0.1) is 21.8 Å². The number of halogens is 2. The molecule has 1 aromatic rings. The molecule has 14 heavy (non-hydrogen) atoms. The maximum absolute atomic E-state index is 11.1. The zero-order valence-electron chi connectivity index (χ0n) is 7.08. The zero-order chi connectivity index (χ0) is 10.9. The summed E-state index contributed by atoms with van der Waals surface area (Å²) < 4.78 is 22.9. The molecule has 0 saturated heterocycles. The van der Waals surface area contributed by atoms with Gasteiger partial charge in [-0.25, -0.2) is 8.42 Å². The van der Waals surface area contributed by atoms with E-state index in [4.69, 9.17) is 15.9 Å². The van der Waals surface area contributed by atoms with Crippen LogP contribution in [0.5, 0.6) is 0 Å². The second-order valence-corrected chi connectivity index (χ2v) is 6.34. The lowest BCUT2D eigenvalue weighted by Gasteiger charge is -2.03. The van der Waals surface area contributed by atoms with Gasteiger partial charge in [-0.1, -0.05) is 0 Å². The van der Waals surface area contributed by atoms with Gasteiger partial charge in [-0.3, -0.25) is 0 Å². The Morgan fingerprint density at radius 3 is 2.50 bits per heavy atom. The Kier molecular flexibility index (Phi) is 3.40. The van der Waals surface area contributed by atoms with Crippen molar-refractivity contribution in [2.45, 2.75) is 11.8 Å². The number of hydrogen-bond donors (Lipinski definition) is 0. The second kappa shape index (κ2) is 4.04. The summed E-state index contributed by atoms with van der Waals surface area (Å²) in [5, 5.41) is 8.71. The van der Waals surface area contributed by atoms with E-state index in [-0.39, 0.29) is 4.90 Å². The van der Waals surface area contributed by atoms with Gasteiger partial charge in [0.15, 0.2) is 0 Å². The van der Waals surface area contributed by atoms with Crippen LogP contribution in [-0.4, -0.2) is 8.42 Å². The van der Waals surface area contributed by atoms with Crippen molar-refractivity contribution in [2.24, 2.45) is 0 Å². The summed E-state index contributed by atoms with van der Waals surface area (Å²) in [5.41, 5.74) is 0.860. The molecule has 0 aliphatic carbocycles. The molecule has 0 aliphatic rings. The van der Waals surface area contributed by atoms with Gasteiger partial charge >= 0.3 is 0 Å². The molecule has 0 bridgehead atoms. The van der Waals surface area contributed by atoms with Crippen molar-refractivity contribution in [2.75, 3.05) is 0 Å². The Bertz CT molecular complexity index is 519. The number of benzene rings is 1. The lowest BCUT2D eigenvalue weighted by Crippen LogP contribution is -1.97. The average Bonchev–Trinajstić information content (AvgIpc) is 2.02. The molecule has 0 fully saturated rings. The highest BCUT2D eigenvalue weighted by Gasteiger charge is 2.15.